The molecule has 0 spiro atoms. The van der Waals surface area contributed by atoms with Crippen LogP contribution >= 0.6 is 11.3 Å². The number of hydrogen-bond acceptors (Lipinski definition) is 5. The van der Waals surface area contributed by atoms with Crippen molar-refractivity contribution in [3.8, 4) is 5.75 Å². The number of aryl methyl sites for hydroxylation is 2. The number of rotatable bonds is 7. The smallest absolute Gasteiger partial charge is 0.341 e. The molecule has 0 radical (unpaired) electrons. The standard InChI is InChI=1S/C22H27NO4S/c1-4-14-10-12-15(13-11-14)27-17(5-2)20(24)23-21-19(22(25)26-3)16-8-6-7-9-18(16)28-21/h10-13,17H,4-9H2,1-3H3,(H,23,24). The number of hydrogen-bond donors (Lipinski definition) is 1. The number of fused-ring (bicyclic) bond motifs is 1. The zero-order chi connectivity index (χ0) is 20.1. The number of nitrogens with one attached hydrogen (secondary N) is 1. The van der Waals surface area contributed by atoms with E-state index in [-0.39, 0.29) is 11.9 Å². The van der Waals surface area contributed by atoms with Gasteiger partial charge in [0.25, 0.3) is 5.91 Å². The molecule has 1 unspecified atom stereocenters. The van der Waals surface area contributed by atoms with Gasteiger partial charge in [-0.2, -0.15) is 0 Å². The van der Waals surface area contributed by atoms with Crippen molar-refractivity contribution < 1.29 is 19.1 Å². The van der Waals surface area contributed by atoms with Crippen LogP contribution in [-0.2, 0) is 28.8 Å². The van der Waals surface area contributed by atoms with Gasteiger partial charge >= 0.3 is 5.97 Å². The maximum Gasteiger partial charge on any atom is 0.341 e. The quantitative estimate of drug-likeness (QED) is 0.679. The van der Waals surface area contributed by atoms with Crippen LogP contribution in [-0.4, -0.2) is 25.1 Å². The lowest BCUT2D eigenvalue weighted by molar-refractivity contribution is -0.122. The number of ether oxygens (including phenoxy) is 2. The van der Waals surface area contributed by atoms with E-state index in [4.69, 9.17) is 9.47 Å². The van der Waals surface area contributed by atoms with Crippen LogP contribution in [0.5, 0.6) is 5.75 Å². The fourth-order valence-corrected chi connectivity index (χ4v) is 4.73. The first-order valence-electron chi connectivity index (χ1n) is 9.86. The Morgan fingerprint density at radius 1 is 1.14 bits per heavy atom. The van der Waals surface area contributed by atoms with Crippen LogP contribution in [0.15, 0.2) is 24.3 Å². The summed E-state index contributed by atoms with van der Waals surface area (Å²) in [4.78, 5) is 26.4. The summed E-state index contributed by atoms with van der Waals surface area (Å²) in [5.41, 5.74) is 2.76. The Balaban J connectivity index is 1.78. The van der Waals surface area contributed by atoms with E-state index in [0.29, 0.717) is 22.7 Å². The summed E-state index contributed by atoms with van der Waals surface area (Å²) in [5, 5.41) is 3.51. The maximum absolute atomic E-state index is 12.9. The van der Waals surface area contributed by atoms with E-state index in [0.717, 1.165) is 37.7 Å². The summed E-state index contributed by atoms with van der Waals surface area (Å²) >= 11 is 1.48. The molecule has 1 aliphatic rings. The molecule has 0 aliphatic heterocycles. The highest BCUT2D eigenvalue weighted by molar-refractivity contribution is 7.17. The molecule has 0 saturated carbocycles. The van der Waals surface area contributed by atoms with E-state index in [1.165, 1.54) is 28.9 Å². The van der Waals surface area contributed by atoms with Crippen molar-refractivity contribution in [2.45, 2.75) is 58.5 Å². The first-order chi connectivity index (χ1) is 13.6. The van der Waals surface area contributed by atoms with Gasteiger partial charge in [0.1, 0.15) is 10.8 Å². The van der Waals surface area contributed by atoms with Crippen molar-refractivity contribution in [1.82, 2.24) is 0 Å². The average Bonchev–Trinajstić information content (AvgIpc) is 3.09. The summed E-state index contributed by atoms with van der Waals surface area (Å²) in [7, 11) is 1.37. The van der Waals surface area contributed by atoms with E-state index in [1.807, 2.05) is 31.2 Å². The molecule has 3 rings (SSSR count). The number of amides is 1. The molecule has 1 atom stereocenters. The van der Waals surface area contributed by atoms with Gasteiger partial charge in [0.2, 0.25) is 0 Å². The lowest BCUT2D eigenvalue weighted by Gasteiger charge is -2.17. The molecule has 6 heteroatoms. The third-order valence-corrected chi connectivity index (χ3v) is 6.28. The summed E-state index contributed by atoms with van der Waals surface area (Å²) in [6.45, 7) is 4.00. The summed E-state index contributed by atoms with van der Waals surface area (Å²) in [6, 6.07) is 7.78. The minimum atomic E-state index is -0.628. The fraction of sp³-hybridized carbons (Fsp3) is 0.455. The van der Waals surface area contributed by atoms with Crippen LogP contribution in [0, 0.1) is 0 Å². The molecule has 1 heterocycles. The number of benzene rings is 1. The van der Waals surface area contributed by atoms with Gasteiger partial charge in [0, 0.05) is 4.88 Å². The molecule has 0 bridgehead atoms. The second-order valence-corrected chi connectivity index (χ2v) is 8.01. The monoisotopic (exact) mass is 401 g/mol. The number of carbonyl (C=O) groups excluding carboxylic acids is 2. The van der Waals surface area contributed by atoms with Crippen molar-refractivity contribution in [3.63, 3.8) is 0 Å². The van der Waals surface area contributed by atoms with Gasteiger partial charge < -0.3 is 14.8 Å². The summed E-state index contributed by atoms with van der Waals surface area (Å²) in [5.74, 6) is 0.0301. The van der Waals surface area contributed by atoms with E-state index in [2.05, 4.69) is 12.2 Å². The third-order valence-electron chi connectivity index (χ3n) is 5.07. The summed E-state index contributed by atoms with van der Waals surface area (Å²) < 4.78 is 10.9. The second-order valence-electron chi connectivity index (χ2n) is 6.91. The molecule has 5 nitrogen and oxygen atoms in total. The van der Waals surface area contributed by atoms with Gasteiger partial charge in [-0.15, -0.1) is 11.3 Å². The SMILES string of the molecule is CCc1ccc(OC(CC)C(=O)Nc2sc3c(c2C(=O)OC)CCCC3)cc1. The van der Waals surface area contributed by atoms with Crippen molar-refractivity contribution in [2.24, 2.45) is 0 Å². The maximum atomic E-state index is 12.9. The molecule has 1 aliphatic carbocycles. The lowest BCUT2D eigenvalue weighted by atomic mass is 9.95. The lowest BCUT2D eigenvalue weighted by Crippen LogP contribution is -2.32. The van der Waals surface area contributed by atoms with Crippen molar-refractivity contribution in [1.29, 1.82) is 0 Å². The molecule has 28 heavy (non-hydrogen) atoms. The second kappa shape index (κ2) is 9.24. The highest BCUT2D eigenvalue weighted by Crippen LogP contribution is 2.38. The Kier molecular flexibility index (Phi) is 6.73. The predicted octanol–water partition coefficient (Wildman–Crippen LogP) is 4.77. The third kappa shape index (κ3) is 4.38. The molecular weight excluding hydrogens is 374 g/mol. The largest absolute Gasteiger partial charge is 0.481 e. The first kappa shape index (κ1) is 20.4. The van der Waals surface area contributed by atoms with Crippen LogP contribution in [0.2, 0.25) is 0 Å². The number of carbonyl (C=O) groups is 2. The zero-order valence-corrected chi connectivity index (χ0v) is 17.5. The molecule has 0 saturated heterocycles. The predicted molar refractivity (Wildman–Crippen MR) is 111 cm³/mol. The molecule has 1 amide bonds. The van der Waals surface area contributed by atoms with Crippen LogP contribution in [0.3, 0.4) is 0 Å². The van der Waals surface area contributed by atoms with Crippen molar-refractivity contribution >= 4 is 28.2 Å². The number of thiophene rings is 1. The van der Waals surface area contributed by atoms with Crippen LogP contribution in [0.1, 0.15) is 59.5 Å². The van der Waals surface area contributed by atoms with E-state index >= 15 is 0 Å². The molecule has 1 aromatic heterocycles. The fourth-order valence-electron chi connectivity index (χ4n) is 3.45. The van der Waals surface area contributed by atoms with E-state index in [1.54, 1.807) is 0 Å². The minimum Gasteiger partial charge on any atom is -0.481 e. The summed E-state index contributed by atoms with van der Waals surface area (Å²) in [6.07, 6.45) is 4.81. The van der Waals surface area contributed by atoms with Crippen LogP contribution in [0.4, 0.5) is 5.00 Å². The number of anilines is 1. The Bertz CT molecular complexity index is 841. The Labute approximate surface area is 170 Å². The molecular formula is C22H27NO4S. The number of esters is 1. The average molecular weight is 402 g/mol. The zero-order valence-electron chi connectivity index (χ0n) is 16.7. The highest BCUT2D eigenvalue weighted by Gasteiger charge is 2.28. The normalized spacial score (nSPS) is 14.1. The molecule has 1 aromatic carbocycles. The molecule has 2 aromatic rings. The van der Waals surface area contributed by atoms with Gasteiger partial charge in [-0.3, -0.25) is 4.79 Å². The molecule has 1 N–H and O–H groups in total. The Morgan fingerprint density at radius 2 is 1.86 bits per heavy atom. The van der Waals surface area contributed by atoms with Gasteiger partial charge in [0.05, 0.1) is 12.7 Å². The van der Waals surface area contributed by atoms with Gasteiger partial charge in [-0.25, -0.2) is 4.79 Å². The van der Waals surface area contributed by atoms with Crippen molar-refractivity contribution in [2.75, 3.05) is 12.4 Å². The minimum absolute atomic E-state index is 0.245. The van der Waals surface area contributed by atoms with E-state index < -0.39 is 6.10 Å². The highest BCUT2D eigenvalue weighted by atomic mass is 32.1. The van der Waals surface area contributed by atoms with Gasteiger partial charge in [0.15, 0.2) is 6.10 Å². The topological polar surface area (TPSA) is 64.6 Å². The van der Waals surface area contributed by atoms with Crippen LogP contribution in [0.25, 0.3) is 0 Å². The first-order valence-corrected chi connectivity index (χ1v) is 10.7. The van der Waals surface area contributed by atoms with E-state index in [9.17, 15) is 9.59 Å². The molecule has 0 fully saturated rings. The van der Waals surface area contributed by atoms with Crippen molar-refractivity contribution in [3.05, 3.63) is 45.8 Å². The Hall–Kier alpha value is -2.34. The van der Waals surface area contributed by atoms with Crippen LogP contribution < -0.4 is 10.1 Å². The van der Waals surface area contributed by atoms with Gasteiger partial charge in [-0.1, -0.05) is 26.0 Å². The molecule has 150 valence electrons. The number of methoxy groups -OCH3 is 1. The van der Waals surface area contributed by atoms with Gasteiger partial charge in [-0.05, 0) is 61.8 Å². The Morgan fingerprint density at radius 3 is 2.50 bits per heavy atom.